The van der Waals surface area contributed by atoms with Crippen LogP contribution in [0.2, 0.25) is 0 Å². The molecule has 0 spiro atoms. The second-order valence-corrected chi connectivity index (χ2v) is 3.99. The third kappa shape index (κ3) is 7.92. The smallest absolute Gasteiger partial charge is 0.306 e. The summed E-state index contributed by atoms with van der Waals surface area (Å²) in [6, 6.07) is 0. The van der Waals surface area contributed by atoms with Crippen molar-refractivity contribution in [2.75, 3.05) is 12.4 Å². The van der Waals surface area contributed by atoms with Crippen LogP contribution < -0.4 is 0 Å². The fourth-order valence-electron chi connectivity index (χ4n) is 0.798. The van der Waals surface area contributed by atoms with Crippen molar-refractivity contribution in [2.24, 2.45) is 0 Å². The molecule has 1 unspecified atom stereocenters. The largest absolute Gasteiger partial charge is 0.466 e. The van der Waals surface area contributed by atoms with Crippen LogP contribution in [0, 0.1) is 0 Å². The number of esters is 1. The number of carbonyl (C=O) groups excluding carboxylic acids is 1. The lowest BCUT2D eigenvalue weighted by Crippen LogP contribution is -2.10. The van der Waals surface area contributed by atoms with E-state index in [1.165, 1.54) is 0 Å². The van der Waals surface area contributed by atoms with E-state index < -0.39 is 0 Å². The monoisotopic (exact) mass is 192 g/mol. The van der Waals surface area contributed by atoms with Gasteiger partial charge in [-0.1, -0.05) is 21.3 Å². The average molecular weight is 192 g/mol. The van der Waals surface area contributed by atoms with Gasteiger partial charge in [0.1, 0.15) is 0 Å². The fraction of sp³-hybridized carbons (Fsp3) is 0.889. The van der Waals surface area contributed by atoms with Gasteiger partial charge in [0, 0.05) is 5.25 Å². The first kappa shape index (κ1) is 14.3. The Labute approximate surface area is 80.1 Å². The zero-order chi connectivity index (χ0) is 8.69. The number of hydrogen-bond donors (Lipinski definition) is 0. The topological polar surface area (TPSA) is 26.3 Å². The van der Waals surface area contributed by atoms with E-state index in [4.69, 9.17) is 4.74 Å². The molecule has 0 aromatic heterocycles. The highest BCUT2D eigenvalue weighted by Gasteiger charge is 2.08. The molecule has 0 aliphatic carbocycles. The van der Waals surface area contributed by atoms with E-state index in [9.17, 15) is 4.79 Å². The number of hydrogen-bond acceptors (Lipinski definition) is 3. The van der Waals surface area contributed by atoms with Crippen molar-refractivity contribution in [2.45, 2.75) is 39.9 Å². The van der Waals surface area contributed by atoms with E-state index >= 15 is 0 Å². The Morgan fingerprint density at radius 2 is 2.08 bits per heavy atom. The molecule has 0 N–H and O–H groups in total. The highest BCUT2D eigenvalue weighted by atomic mass is 32.2. The van der Waals surface area contributed by atoms with Crippen molar-refractivity contribution < 1.29 is 9.53 Å². The molecule has 0 radical (unpaired) electrons. The van der Waals surface area contributed by atoms with Crippen molar-refractivity contribution in [1.29, 1.82) is 0 Å². The van der Waals surface area contributed by atoms with Crippen LogP contribution in [0.25, 0.3) is 0 Å². The van der Waals surface area contributed by atoms with Crippen LogP contribution in [-0.4, -0.2) is 23.6 Å². The third-order valence-electron chi connectivity index (χ3n) is 1.21. The summed E-state index contributed by atoms with van der Waals surface area (Å²) in [6.45, 7) is 6.45. The van der Waals surface area contributed by atoms with Crippen molar-refractivity contribution in [1.82, 2.24) is 0 Å². The second kappa shape index (κ2) is 8.91. The van der Waals surface area contributed by atoms with Crippen LogP contribution in [0.1, 0.15) is 34.6 Å². The molecule has 2 nitrogen and oxygen atoms in total. The fourth-order valence-corrected chi connectivity index (χ4v) is 1.62. The maximum atomic E-state index is 10.9. The first-order valence-corrected chi connectivity index (χ1v) is 5.02. The maximum absolute atomic E-state index is 10.9. The summed E-state index contributed by atoms with van der Waals surface area (Å²) in [5.74, 6) is 0.974. The van der Waals surface area contributed by atoms with Crippen molar-refractivity contribution in [3.05, 3.63) is 0 Å². The minimum Gasteiger partial charge on any atom is -0.466 e. The van der Waals surface area contributed by atoms with Crippen molar-refractivity contribution >= 4 is 17.7 Å². The molecule has 0 aliphatic rings. The normalized spacial score (nSPS) is 11.6. The van der Waals surface area contributed by atoms with Crippen LogP contribution in [-0.2, 0) is 9.53 Å². The molecule has 0 fully saturated rings. The molecule has 0 aromatic carbocycles. The molecule has 74 valence electrons. The van der Waals surface area contributed by atoms with Gasteiger partial charge in [0.05, 0.1) is 13.0 Å². The van der Waals surface area contributed by atoms with Gasteiger partial charge in [0.15, 0.2) is 0 Å². The molecule has 0 amide bonds. The summed E-state index contributed by atoms with van der Waals surface area (Å²) in [5, 5.41) is 0.388. The van der Waals surface area contributed by atoms with Gasteiger partial charge in [-0.25, -0.2) is 0 Å². The molecule has 0 aliphatic heterocycles. The highest BCUT2D eigenvalue weighted by Crippen LogP contribution is 2.13. The van der Waals surface area contributed by atoms with Gasteiger partial charge in [0.25, 0.3) is 0 Å². The van der Waals surface area contributed by atoms with Gasteiger partial charge >= 0.3 is 5.97 Å². The van der Waals surface area contributed by atoms with E-state index in [2.05, 4.69) is 6.92 Å². The highest BCUT2D eigenvalue weighted by molar-refractivity contribution is 7.99. The molecular weight excluding hydrogens is 172 g/mol. The first-order chi connectivity index (χ1) is 5.20. The van der Waals surface area contributed by atoms with Gasteiger partial charge in [0.2, 0.25) is 0 Å². The predicted octanol–water partition coefficient (Wildman–Crippen LogP) is 2.72. The minimum absolute atomic E-state index is 0. The number of carbonyl (C=O) groups is 1. The van der Waals surface area contributed by atoms with Crippen LogP contribution in [0.4, 0.5) is 0 Å². The van der Waals surface area contributed by atoms with E-state index in [-0.39, 0.29) is 13.4 Å². The molecule has 0 heterocycles. The van der Waals surface area contributed by atoms with E-state index in [1.807, 2.05) is 13.8 Å². The van der Waals surface area contributed by atoms with Crippen LogP contribution in [0.3, 0.4) is 0 Å². The zero-order valence-electron chi connectivity index (χ0n) is 7.42. The standard InChI is InChI=1S/C8H16O2S.CH4/c1-4-10-8(9)6-7(3)11-5-2;/h7H,4-6H2,1-3H3;1H4. The van der Waals surface area contributed by atoms with E-state index in [0.717, 1.165) is 5.75 Å². The molecule has 0 saturated carbocycles. The summed E-state index contributed by atoms with van der Waals surface area (Å²) in [6.07, 6.45) is 0.534. The lowest BCUT2D eigenvalue weighted by Gasteiger charge is -2.07. The van der Waals surface area contributed by atoms with E-state index in [0.29, 0.717) is 18.3 Å². The second-order valence-electron chi connectivity index (χ2n) is 2.28. The van der Waals surface area contributed by atoms with Gasteiger partial charge < -0.3 is 4.74 Å². The van der Waals surface area contributed by atoms with Crippen molar-refractivity contribution in [3.63, 3.8) is 0 Å². The van der Waals surface area contributed by atoms with Crippen molar-refractivity contribution in [3.8, 4) is 0 Å². The number of ether oxygens (including phenoxy) is 1. The lowest BCUT2D eigenvalue weighted by atomic mass is 10.3. The summed E-state index contributed by atoms with van der Waals surface area (Å²) in [4.78, 5) is 10.9. The Hall–Kier alpha value is -0.180. The summed E-state index contributed by atoms with van der Waals surface area (Å²) in [7, 11) is 0. The van der Waals surface area contributed by atoms with Gasteiger partial charge in [-0.3, -0.25) is 4.79 Å². The Kier molecular flexibility index (Phi) is 10.7. The molecule has 3 heteroatoms. The Morgan fingerprint density at radius 3 is 2.50 bits per heavy atom. The zero-order valence-corrected chi connectivity index (χ0v) is 8.24. The summed E-state index contributed by atoms with van der Waals surface area (Å²) in [5.41, 5.74) is 0. The molecule has 12 heavy (non-hydrogen) atoms. The third-order valence-corrected chi connectivity index (χ3v) is 2.28. The molecule has 0 bridgehead atoms. The Morgan fingerprint density at radius 1 is 1.50 bits per heavy atom. The Balaban J connectivity index is 0. The average Bonchev–Trinajstić information content (AvgIpc) is 1.87. The Bertz CT molecular complexity index is 115. The number of thioether (sulfide) groups is 1. The lowest BCUT2D eigenvalue weighted by molar-refractivity contribution is -0.142. The van der Waals surface area contributed by atoms with Gasteiger partial charge in [-0.15, -0.1) is 0 Å². The summed E-state index contributed by atoms with van der Waals surface area (Å²) < 4.78 is 4.81. The van der Waals surface area contributed by atoms with Crippen LogP contribution in [0.5, 0.6) is 0 Å². The molecular formula is C9H20O2S. The van der Waals surface area contributed by atoms with E-state index in [1.54, 1.807) is 11.8 Å². The van der Waals surface area contributed by atoms with Crippen LogP contribution in [0.15, 0.2) is 0 Å². The molecule has 0 rings (SSSR count). The predicted molar refractivity (Wildman–Crippen MR) is 55.6 cm³/mol. The minimum atomic E-state index is -0.0825. The molecule has 1 atom stereocenters. The number of rotatable bonds is 5. The van der Waals surface area contributed by atoms with Gasteiger partial charge in [-0.05, 0) is 12.7 Å². The SMILES string of the molecule is C.CCOC(=O)CC(C)SCC. The molecule has 0 aromatic rings. The maximum Gasteiger partial charge on any atom is 0.306 e. The summed E-state index contributed by atoms with van der Waals surface area (Å²) >= 11 is 1.78. The van der Waals surface area contributed by atoms with Gasteiger partial charge in [-0.2, -0.15) is 11.8 Å². The first-order valence-electron chi connectivity index (χ1n) is 3.97. The molecule has 0 saturated heterocycles. The quantitative estimate of drug-likeness (QED) is 0.626. The van der Waals surface area contributed by atoms with Crippen LogP contribution >= 0.6 is 11.8 Å².